The van der Waals surface area contributed by atoms with E-state index in [9.17, 15) is 19.8 Å². The maximum atomic E-state index is 12.2. The molecule has 0 fully saturated rings. The average Bonchev–Trinajstić information content (AvgIpc) is 3.02. The first kappa shape index (κ1) is 47.2. The first-order valence-electron chi connectivity index (χ1n) is 19.3. The molecule has 0 radical (unpaired) electrons. The number of rotatable bonds is 20. The predicted octanol–water partition coefficient (Wildman–Crippen LogP) is 10.9. The molecular formula is C44H70O6S3. The number of aryl methyl sites for hydroxylation is 2. The zero-order valence-electron chi connectivity index (χ0n) is 35.0. The molecular weight excluding hydrogens is 721 g/mol. The monoisotopic (exact) mass is 790 g/mol. The van der Waals surface area contributed by atoms with Gasteiger partial charge in [0.2, 0.25) is 0 Å². The van der Waals surface area contributed by atoms with E-state index in [4.69, 9.17) is 9.47 Å². The van der Waals surface area contributed by atoms with E-state index >= 15 is 0 Å². The van der Waals surface area contributed by atoms with Crippen LogP contribution in [0.15, 0.2) is 24.3 Å². The largest absolute Gasteiger partial charge is 0.507 e. The van der Waals surface area contributed by atoms with Crippen LogP contribution in [0.4, 0.5) is 0 Å². The highest BCUT2D eigenvalue weighted by Crippen LogP contribution is 2.39. The fraction of sp³-hybridized carbons (Fsp3) is 0.682. The Labute approximate surface area is 335 Å². The summed E-state index contributed by atoms with van der Waals surface area (Å²) in [6.07, 6.45) is 4.25. The van der Waals surface area contributed by atoms with Crippen molar-refractivity contribution < 1.29 is 29.3 Å². The molecule has 2 N–H and O–H groups in total. The number of ether oxygens (including phenoxy) is 2. The topological polar surface area (TPSA) is 93.1 Å². The Morgan fingerprint density at radius 2 is 0.849 bits per heavy atom. The highest BCUT2D eigenvalue weighted by molar-refractivity contribution is 7.99. The lowest BCUT2D eigenvalue weighted by Gasteiger charge is -2.27. The summed E-state index contributed by atoms with van der Waals surface area (Å²) in [5.41, 5.74) is 6.25. The van der Waals surface area contributed by atoms with E-state index in [0.717, 1.165) is 59.4 Å². The fourth-order valence-electron chi connectivity index (χ4n) is 5.70. The lowest BCUT2D eigenvalue weighted by molar-refractivity contribution is -0.143. The minimum atomic E-state index is -0.183. The Kier molecular flexibility index (Phi) is 19.0. The molecule has 53 heavy (non-hydrogen) atoms. The second-order valence-electron chi connectivity index (χ2n) is 18.0. The molecule has 300 valence electrons. The van der Waals surface area contributed by atoms with Crippen LogP contribution in [0.5, 0.6) is 11.5 Å². The van der Waals surface area contributed by atoms with Gasteiger partial charge in [0.15, 0.2) is 0 Å². The maximum Gasteiger partial charge on any atom is 0.306 e. The van der Waals surface area contributed by atoms with E-state index in [0.29, 0.717) is 60.6 Å². The Morgan fingerprint density at radius 1 is 0.509 bits per heavy atom. The first-order chi connectivity index (χ1) is 24.5. The summed E-state index contributed by atoms with van der Waals surface area (Å²) in [5.74, 6) is 5.09. The highest BCUT2D eigenvalue weighted by atomic mass is 32.2. The van der Waals surface area contributed by atoms with Gasteiger partial charge < -0.3 is 19.7 Å². The molecule has 0 unspecified atom stereocenters. The second-order valence-corrected chi connectivity index (χ2v) is 21.7. The summed E-state index contributed by atoms with van der Waals surface area (Å²) in [7, 11) is 0. The van der Waals surface area contributed by atoms with Crippen LogP contribution in [0, 0.1) is 0 Å². The summed E-state index contributed by atoms with van der Waals surface area (Å²) in [4.78, 5) is 24.3. The predicted molar refractivity (Wildman–Crippen MR) is 231 cm³/mol. The standard InChI is InChI=1S/C44H70O6S3/c1-41(2,3)33-27-31(39(47)35(29-33)43(7,8)9)15-13-21-51-23-17-37(45)49-19-25-53-26-20-50-38(46)18-24-52-22-14-16-32-28-34(42(4,5)6)30-36(40(32)48)44(10,11)12/h27-30,47-48H,13-26H2,1-12H3. The summed E-state index contributed by atoms with van der Waals surface area (Å²) in [6, 6.07) is 8.62. The minimum Gasteiger partial charge on any atom is -0.507 e. The second kappa shape index (κ2) is 21.4. The van der Waals surface area contributed by atoms with Gasteiger partial charge in [0, 0.05) is 23.0 Å². The molecule has 2 aromatic carbocycles. The van der Waals surface area contributed by atoms with Crippen molar-refractivity contribution in [2.24, 2.45) is 0 Å². The third kappa shape index (κ3) is 17.2. The Hall–Kier alpha value is -1.97. The van der Waals surface area contributed by atoms with Gasteiger partial charge >= 0.3 is 11.9 Å². The molecule has 0 aliphatic heterocycles. The minimum absolute atomic E-state index is 0.00913. The van der Waals surface area contributed by atoms with Crippen molar-refractivity contribution >= 4 is 47.2 Å². The molecule has 0 saturated carbocycles. The Morgan fingerprint density at radius 3 is 1.17 bits per heavy atom. The van der Waals surface area contributed by atoms with Gasteiger partial charge in [0.1, 0.15) is 24.7 Å². The zero-order valence-corrected chi connectivity index (χ0v) is 37.4. The summed E-state index contributed by atoms with van der Waals surface area (Å²) in [5, 5.41) is 22.0. The van der Waals surface area contributed by atoms with Crippen LogP contribution in [0.3, 0.4) is 0 Å². The molecule has 0 aromatic heterocycles. The number of thioether (sulfide) groups is 3. The molecule has 0 spiro atoms. The third-order valence-electron chi connectivity index (χ3n) is 9.08. The van der Waals surface area contributed by atoms with Crippen LogP contribution >= 0.6 is 35.3 Å². The van der Waals surface area contributed by atoms with E-state index in [2.05, 4.69) is 107 Å². The Bertz CT molecular complexity index is 1350. The lowest BCUT2D eigenvalue weighted by atomic mass is 9.78. The van der Waals surface area contributed by atoms with Crippen molar-refractivity contribution in [1.29, 1.82) is 0 Å². The molecule has 0 heterocycles. The summed E-state index contributed by atoms with van der Waals surface area (Å²) < 4.78 is 10.8. The molecule has 0 aliphatic carbocycles. The van der Waals surface area contributed by atoms with E-state index < -0.39 is 0 Å². The molecule has 9 heteroatoms. The van der Waals surface area contributed by atoms with Crippen LogP contribution in [-0.2, 0) is 53.6 Å². The van der Waals surface area contributed by atoms with Gasteiger partial charge in [-0.1, -0.05) is 107 Å². The lowest BCUT2D eigenvalue weighted by Crippen LogP contribution is -2.17. The van der Waals surface area contributed by atoms with Crippen molar-refractivity contribution in [2.45, 2.75) is 143 Å². The number of esters is 2. The van der Waals surface area contributed by atoms with E-state index in [1.54, 1.807) is 35.3 Å². The van der Waals surface area contributed by atoms with Crippen LogP contribution in [-0.4, -0.2) is 69.9 Å². The van der Waals surface area contributed by atoms with Gasteiger partial charge in [-0.15, -0.1) is 0 Å². The van der Waals surface area contributed by atoms with Crippen molar-refractivity contribution in [3.8, 4) is 11.5 Å². The number of aromatic hydroxyl groups is 2. The molecule has 0 saturated heterocycles. The number of hydrogen-bond donors (Lipinski definition) is 2. The van der Waals surface area contributed by atoms with Crippen molar-refractivity contribution in [2.75, 3.05) is 47.7 Å². The van der Waals surface area contributed by atoms with E-state index in [-0.39, 0.29) is 33.6 Å². The number of hydrogen-bond acceptors (Lipinski definition) is 9. The first-order valence-corrected chi connectivity index (χ1v) is 22.8. The van der Waals surface area contributed by atoms with Crippen LogP contribution in [0.1, 0.15) is 142 Å². The highest BCUT2D eigenvalue weighted by Gasteiger charge is 2.26. The van der Waals surface area contributed by atoms with Gasteiger partial charge in [-0.25, -0.2) is 0 Å². The zero-order chi connectivity index (χ0) is 40.0. The fourth-order valence-corrected chi connectivity index (χ4v) is 8.03. The van der Waals surface area contributed by atoms with Gasteiger partial charge in [-0.05, 0) is 92.2 Å². The van der Waals surface area contributed by atoms with Crippen LogP contribution in [0.25, 0.3) is 0 Å². The maximum absolute atomic E-state index is 12.2. The van der Waals surface area contributed by atoms with Gasteiger partial charge in [0.25, 0.3) is 0 Å². The number of carbonyl (C=O) groups is 2. The third-order valence-corrected chi connectivity index (χ3v) is 12.1. The normalized spacial score (nSPS) is 12.6. The van der Waals surface area contributed by atoms with Crippen molar-refractivity contribution in [3.05, 3.63) is 57.6 Å². The van der Waals surface area contributed by atoms with Gasteiger partial charge in [-0.3, -0.25) is 9.59 Å². The number of carbonyl (C=O) groups excluding carboxylic acids is 2. The molecule has 2 rings (SSSR count). The van der Waals surface area contributed by atoms with Gasteiger partial charge in [0.05, 0.1) is 12.8 Å². The van der Waals surface area contributed by atoms with Crippen LogP contribution in [0.2, 0.25) is 0 Å². The quantitative estimate of drug-likeness (QED) is 0.100. The number of benzene rings is 2. The SMILES string of the molecule is CC(C)(C)c1cc(CCCSCCC(=O)OCCSCCOC(=O)CCSCCCc2cc(C(C)(C)C)cc(C(C)(C)C)c2O)c(O)c(C(C)(C)C)c1. The van der Waals surface area contributed by atoms with Crippen LogP contribution < -0.4 is 0 Å². The Balaban J connectivity index is 1.53. The van der Waals surface area contributed by atoms with E-state index in [1.165, 1.54) is 11.1 Å². The smallest absolute Gasteiger partial charge is 0.306 e. The average molecular weight is 791 g/mol. The molecule has 0 aliphatic rings. The number of phenols is 2. The van der Waals surface area contributed by atoms with Gasteiger partial charge in [-0.2, -0.15) is 35.3 Å². The van der Waals surface area contributed by atoms with Crippen molar-refractivity contribution in [3.63, 3.8) is 0 Å². The number of phenolic OH excluding ortho intramolecular Hbond substituents is 2. The molecule has 6 nitrogen and oxygen atoms in total. The molecule has 0 bridgehead atoms. The summed E-state index contributed by atoms with van der Waals surface area (Å²) >= 11 is 5.10. The summed E-state index contributed by atoms with van der Waals surface area (Å²) in [6.45, 7) is 26.8. The molecule has 2 aromatic rings. The van der Waals surface area contributed by atoms with E-state index in [1.807, 2.05) is 0 Å². The molecule has 0 atom stereocenters. The van der Waals surface area contributed by atoms with Crippen molar-refractivity contribution in [1.82, 2.24) is 0 Å². The molecule has 0 amide bonds.